The number of nitro groups is 1. The molecule has 0 aliphatic carbocycles. The third kappa shape index (κ3) is 6.76. The number of quaternary nitrogens is 1. The molecule has 47 heavy (non-hydrogen) atoms. The number of rotatable bonds is 10. The lowest BCUT2D eigenvalue weighted by molar-refractivity contribution is -0.791. The SMILES string of the molecule is Cn1cc(NC(=O)n2cc3c([N+](=O)[O-])cccc3n2)cc1C(=O)NC1=C[N+](C)(C)C(C(=O)Nc2cc[nH]c2C(=O)NCCC(N)=O)=C1. The molecule has 1 aliphatic heterocycles. The predicted octanol–water partition coefficient (Wildman–Crippen LogP) is 1.48. The van der Waals surface area contributed by atoms with E-state index < -0.39 is 34.6 Å². The van der Waals surface area contributed by atoms with Gasteiger partial charge < -0.3 is 36.6 Å². The average molecular weight is 645 g/mol. The molecule has 5 rings (SSSR count). The van der Waals surface area contributed by atoms with E-state index in [0.29, 0.717) is 5.70 Å². The quantitative estimate of drug-likeness (QED) is 0.0837. The third-order valence-electron chi connectivity index (χ3n) is 7.17. The normalized spacial score (nSPS) is 13.4. The van der Waals surface area contributed by atoms with E-state index in [1.165, 1.54) is 53.5 Å². The van der Waals surface area contributed by atoms with Crippen molar-refractivity contribution in [2.24, 2.45) is 12.8 Å². The molecule has 0 radical (unpaired) electrons. The first-order valence-electron chi connectivity index (χ1n) is 14.0. The zero-order valence-electron chi connectivity index (χ0n) is 25.4. The van der Waals surface area contributed by atoms with Crippen LogP contribution in [0.2, 0.25) is 0 Å². The number of carbonyl (C=O) groups excluding carboxylic acids is 5. The Morgan fingerprint density at radius 1 is 1.04 bits per heavy atom. The number of hydrogen-bond donors (Lipinski definition) is 6. The molecule has 3 aromatic heterocycles. The van der Waals surface area contributed by atoms with Crippen LogP contribution in [0.5, 0.6) is 0 Å². The number of carbonyl (C=O) groups is 5. The number of aromatic amines is 1. The molecule has 4 heterocycles. The second kappa shape index (κ2) is 12.4. The third-order valence-corrected chi connectivity index (χ3v) is 7.17. The van der Waals surface area contributed by atoms with Gasteiger partial charge in [0.2, 0.25) is 11.6 Å². The van der Waals surface area contributed by atoms with Crippen LogP contribution < -0.4 is 27.0 Å². The predicted molar refractivity (Wildman–Crippen MR) is 168 cm³/mol. The summed E-state index contributed by atoms with van der Waals surface area (Å²) in [5, 5.41) is 26.2. The van der Waals surface area contributed by atoms with Gasteiger partial charge in [0.05, 0.1) is 47.5 Å². The zero-order chi connectivity index (χ0) is 34.0. The number of nitrogens with two attached hydrogens (primary N) is 1. The Bertz CT molecular complexity index is 2030. The highest BCUT2D eigenvalue weighted by Crippen LogP contribution is 2.27. The Hall–Kier alpha value is -6.56. The van der Waals surface area contributed by atoms with Gasteiger partial charge >= 0.3 is 11.9 Å². The lowest BCUT2D eigenvalue weighted by Gasteiger charge is -2.22. The molecular weight excluding hydrogens is 614 g/mol. The first-order chi connectivity index (χ1) is 22.2. The zero-order valence-corrected chi connectivity index (χ0v) is 25.4. The number of H-pyrrole nitrogens is 1. The topological polar surface area (TPSA) is 241 Å². The second-order valence-corrected chi connectivity index (χ2v) is 11.0. The van der Waals surface area contributed by atoms with E-state index >= 15 is 0 Å². The Kier molecular flexibility index (Phi) is 8.43. The molecule has 7 N–H and O–H groups in total. The van der Waals surface area contributed by atoms with Crippen molar-refractivity contribution in [2.75, 3.05) is 31.3 Å². The minimum atomic E-state index is -0.696. The van der Waals surface area contributed by atoms with Crippen LogP contribution in [-0.4, -0.2) is 79.0 Å². The molecule has 0 saturated carbocycles. The number of hydrogen-bond acceptors (Lipinski definition) is 8. The number of nitrogens with one attached hydrogen (secondary N) is 5. The summed E-state index contributed by atoms with van der Waals surface area (Å²) < 4.78 is 2.40. The van der Waals surface area contributed by atoms with E-state index in [0.717, 1.165) is 4.68 Å². The number of likely N-dealkylation sites (N-methyl/N-ethyl adjacent to an activating group) is 1. The number of allylic oxidation sites excluding steroid dienone is 1. The molecule has 0 bridgehead atoms. The van der Waals surface area contributed by atoms with Crippen molar-refractivity contribution >= 4 is 57.6 Å². The van der Waals surface area contributed by atoms with Crippen molar-refractivity contribution in [3.63, 3.8) is 0 Å². The van der Waals surface area contributed by atoms with Crippen molar-refractivity contribution in [3.8, 4) is 0 Å². The number of amides is 5. The number of primary amides is 1. The van der Waals surface area contributed by atoms with E-state index in [4.69, 9.17) is 5.73 Å². The molecule has 5 amide bonds. The molecule has 1 aliphatic rings. The molecule has 4 aromatic rings. The Balaban J connectivity index is 1.24. The fraction of sp³-hybridized carbons (Fsp3) is 0.172. The number of benzene rings is 1. The summed E-state index contributed by atoms with van der Waals surface area (Å²) in [6, 6.07) is 6.58. The summed E-state index contributed by atoms with van der Waals surface area (Å²) in [5.74, 6) is -2.16. The summed E-state index contributed by atoms with van der Waals surface area (Å²) in [4.78, 5) is 76.3. The van der Waals surface area contributed by atoms with Crippen molar-refractivity contribution in [3.05, 3.63) is 94.1 Å². The lowest BCUT2D eigenvalue weighted by atomic mass is 10.2. The number of aromatic nitrogens is 4. The summed E-state index contributed by atoms with van der Waals surface area (Å²) >= 11 is 0. The van der Waals surface area contributed by atoms with Gasteiger partial charge in [-0.3, -0.25) is 33.8 Å². The van der Waals surface area contributed by atoms with Gasteiger partial charge in [0.15, 0.2) is 0 Å². The highest BCUT2D eigenvalue weighted by molar-refractivity contribution is 6.08. The maximum absolute atomic E-state index is 13.3. The molecule has 0 atom stereocenters. The molecule has 242 valence electrons. The van der Waals surface area contributed by atoms with Crippen LogP contribution >= 0.6 is 0 Å². The van der Waals surface area contributed by atoms with E-state index in [-0.39, 0.29) is 62.5 Å². The smallest absolute Gasteiger partial charge is 0.346 e. The van der Waals surface area contributed by atoms with Gasteiger partial charge in [-0.05, 0) is 18.2 Å². The van der Waals surface area contributed by atoms with E-state index in [9.17, 15) is 34.1 Å². The van der Waals surface area contributed by atoms with Crippen LogP contribution in [0.1, 0.15) is 27.4 Å². The van der Waals surface area contributed by atoms with Gasteiger partial charge in [0.1, 0.15) is 23.3 Å². The van der Waals surface area contributed by atoms with E-state index in [2.05, 4.69) is 31.3 Å². The first-order valence-corrected chi connectivity index (χ1v) is 14.0. The van der Waals surface area contributed by atoms with Gasteiger partial charge in [-0.1, -0.05) is 6.07 Å². The highest BCUT2D eigenvalue weighted by Gasteiger charge is 2.35. The molecule has 0 unspecified atom stereocenters. The van der Waals surface area contributed by atoms with Gasteiger partial charge in [0, 0.05) is 44.5 Å². The molecule has 18 nitrogen and oxygen atoms in total. The number of aryl methyl sites for hydroxylation is 1. The van der Waals surface area contributed by atoms with Crippen molar-refractivity contribution in [1.82, 2.24) is 30.0 Å². The van der Waals surface area contributed by atoms with Gasteiger partial charge in [-0.2, -0.15) is 9.78 Å². The van der Waals surface area contributed by atoms with Crippen molar-refractivity contribution in [1.29, 1.82) is 0 Å². The minimum absolute atomic E-state index is 0.0309. The van der Waals surface area contributed by atoms with E-state index in [1.807, 2.05) is 0 Å². The summed E-state index contributed by atoms with van der Waals surface area (Å²) in [6.45, 7) is 0.0338. The van der Waals surface area contributed by atoms with Crippen LogP contribution in [-0.2, 0) is 16.6 Å². The second-order valence-electron chi connectivity index (χ2n) is 11.0. The molecule has 18 heteroatoms. The van der Waals surface area contributed by atoms with Crippen molar-refractivity contribution in [2.45, 2.75) is 6.42 Å². The standard InChI is InChI=1S/C29H29N11O7/c1-37-13-16(34-29(45)38-14-18-19(36-38)5-4-6-21(18)39(46)47)11-22(37)26(42)33-17-12-23(40(2,3)15-17)27(43)35-20-7-9-31-25(20)28(44)32-10-8-24(30)41/h4-7,9,11-15H,8,10H2,1-3H3,(H6-,30,31,32,33,34,35,41,42,43,44,45)/p+1. The van der Waals surface area contributed by atoms with Crippen LogP contribution in [0.4, 0.5) is 21.9 Å². The minimum Gasteiger partial charge on any atom is -0.370 e. The van der Waals surface area contributed by atoms with Crippen molar-refractivity contribution < 1.29 is 33.4 Å². The lowest BCUT2D eigenvalue weighted by Crippen LogP contribution is -2.37. The van der Waals surface area contributed by atoms with Crippen LogP contribution in [0.15, 0.2) is 72.6 Å². The molecule has 0 spiro atoms. The maximum atomic E-state index is 13.3. The largest absolute Gasteiger partial charge is 0.370 e. The van der Waals surface area contributed by atoms with Crippen LogP contribution in [0.3, 0.4) is 0 Å². The highest BCUT2D eigenvalue weighted by atomic mass is 16.6. The molecule has 0 fully saturated rings. The van der Waals surface area contributed by atoms with Crippen LogP contribution in [0.25, 0.3) is 10.9 Å². The van der Waals surface area contributed by atoms with Gasteiger partial charge in [-0.25, -0.2) is 4.79 Å². The van der Waals surface area contributed by atoms with Gasteiger partial charge in [-0.15, -0.1) is 0 Å². The summed E-state index contributed by atoms with van der Waals surface area (Å²) in [6.07, 6.45) is 7.35. The summed E-state index contributed by atoms with van der Waals surface area (Å²) in [5.41, 5.74) is 6.52. The Morgan fingerprint density at radius 2 is 1.81 bits per heavy atom. The fourth-order valence-corrected chi connectivity index (χ4v) is 4.92. The molecule has 0 saturated heterocycles. The average Bonchev–Trinajstić information content (AvgIpc) is 3.77. The number of fused-ring (bicyclic) bond motifs is 1. The summed E-state index contributed by atoms with van der Waals surface area (Å²) in [7, 11) is 5.05. The molecular formula is C29H30N11O7+. The number of nitro benzene ring substituents is 1. The monoisotopic (exact) mass is 644 g/mol. The number of non-ortho nitro benzene ring substituents is 1. The number of anilines is 2. The number of nitrogens with zero attached hydrogens (tertiary/aromatic N) is 5. The Labute approximate surface area is 265 Å². The van der Waals surface area contributed by atoms with Gasteiger partial charge in [0.25, 0.3) is 17.5 Å². The van der Waals surface area contributed by atoms with Crippen LogP contribution in [0, 0.1) is 10.1 Å². The maximum Gasteiger partial charge on any atom is 0.346 e. The molecule has 1 aromatic carbocycles. The Morgan fingerprint density at radius 3 is 2.53 bits per heavy atom. The van der Waals surface area contributed by atoms with E-state index in [1.54, 1.807) is 33.4 Å². The first kappa shape index (κ1) is 31.9. The fourth-order valence-electron chi connectivity index (χ4n) is 4.92.